The van der Waals surface area contributed by atoms with Gasteiger partial charge in [-0.25, -0.2) is 0 Å². The molecule has 0 radical (unpaired) electrons. The predicted molar refractivity (Wildman–Crippen MR) is 104 cm³/mol. The summed E-state index contributed by atoms with van der Waals surface area (Å²) in [6, 6.07) is 8.32. The third-order valence-corrected chi connectivity index (χ3v) is 4.39. The SMILES string of the molecule is Cc1ccc(OCCN2CCC(CCN(C)C)CC2)cc1.Cl.Cl. The fourth-order valence-corrected chi connectivity index (χ4v) is 2.87. The van der Waals surface area contributed by atoms with Gasteiger partial charge in [0.15, 0.2) is 0 Å². The molecule has 0 aliphatic carbocycles. The number of piperidine rings is 1. The second kappa shape index (κ2) is 12.0. The van der Waals surface area contributed by atoms with Crippen molar-refractivity contribution in [3.8, 4) is 5.75 Å². The fraction of sp³-hybridized carbons (Fsp3) is 0.667. The lowest BCUT2D eigenvalue weighted by Crippen LogP contribution is -2.37. The average molecular weight is 363 g/mol. The normalized spacial score (nSPS) is 15.8. The Morgan fingerprint density at radius 2 is 1.70 bits per heavy atom. The third kappa shape index (κ3) is 8.80. The minimum absolute atomic E-state index is 0. The zero-order valence-corrected chi connectivity index (χ0v) is 16.3. The molecule has 0 amide bonds. The number of hydrogen-bond acceptors (Lipinski definition) is 3. The molecule has 1 aromatic carbocycles. The van der Waals surface area contributed by atoms with E-state index in [1.54, 1.807) is 0 Å². The van der Waals surface area contributed by atoms with Gasteiger partial charge in [-0.1, -0.05) is 17.7 Å². The molecule has 0 N–H and O–H groups in total. The predicted octanol–water partition coefficient (Wildman–Crippen LogP) is 3.88. The van der Waals surface area contributed by atoms with E-state index in [1.165, 1.54) is 44.5 Å². The third-order valence-electron chi connectivity index (χ3n) is 4.39. The monoisotopic (exact) mass is 362 g/mol. The van der Waals surface area contributed by atoms with Crippen molar-refractivity contribution in [2.45, 2.75) is 26.2 Å². The molecule has 134 valence electrons. The van der Waals surface area contributed by atoms with Gasteiger partial charge in [0.1, 0.15) is 12.4 Å². The van der Waals surface area contributed by atoms with Crippen LogP contribution in [0.2, 0.25) is 0 Å². The van der Waals surface area contributed by atoms with Crippen molar-refractivity contribution in [1.29, 1.82) is 0 Å². The van der Waals surface area contributed by atoms with E-state index in [0.29, 0.717) is 0 Å². The number of likely N-dealkylation sites (tertiary alicyclic amines) is 1. The van der Waals surface area contributed by atoms with Crippen LogP contribution in [0.5, 0.6) is 5.75 Å². The maximum Gasteiger partial charge on any atom is 0.119 e. The largest absolute Gasteiger partial charge is 0.492 e. The van der Waals surface area contributed by atoms with Crippen LogP contribution < -0.4 is 4.74 Å². The number of aryl methyl sites for hydroxylation is 1. The number of benzene rings is 1. The lowest BCUT2D eigenvalue weighted by atomic mass is 9.93. The number of halogens is 2. The summed E-state index contributed by atoms with van der Waals surface area (Å²) in [5.74, 6) is 1.91. The molecular formula is C18H32Cl2N2O. The zero-order valence-electron chi connectivity index (χ0n) is 14.7. The van der Waals surface area contributed by atoms with E-state index in [2.05, 4.69) is 55.1 Å². The molecule has 0 unspecified atom stereocenters. The summed E-state index contributed by atoms with van der Waals surface area (Å²) >= 11 is 0. The van der Waals surface area contributed by atoms with E-state index >= 15 is 0 Å². The van der Waals surface area contributed by atoms with Gasteiger partial charge < -0.3 is 9.64 Å². The Morgan fingerprint density at radius 1 is 1.09 bits per heavy atom. The van der Waals surface area contributed by atoms with Crippen molar-refractivity contribution >= 4 is 24.8 Å². The summed E-state index contributed by atoms with van der Waals surface area (Å²) in [5, 5.41) is 0. The lowest BCUT2D eigenvalue weighted by molar-refractivity contribution is 0.147. The number of hydrogen-bond donors (Lipinski definition) is 0. The highest BCUT2D eigenvalue weighted by molar-refractivity contribution is 5.85. The van der Waals surface area contributed by atoms with E-state index in [-0.39, 0.29) is 24.8 Å². The van der Waals surface area contributed by atoms with Gasteiger partial charge in [0.25, 0.3) is 0 Å². The molecule has 1 aliphatic rings. The zero-order chi connectivity index (χ0) is 15.1. The van der Waals surface area contributed by atoms with Gasteiger partial charge in [-0.2, -0.15) is 0 Å². The second-order valence-corrected chi connectivity index (χ2v) is 6.54. The van der Waals surface area contributed by atoms with Crippen LogP contribution in [0.15, 0.2) is 24.3 Å². The van der Waals surface area contributed by atoms with Crippen LogP contribution in [0.25, 0.3) is 0 Å². The van der Waals surface area contributed by atoms with E-state index < -0.39 is 0 Å². The molecule has 0 spiro atoms. The first-order chi connectivity index (χ1) is 10.1. The Hall–Kier alpha value is -0.480. The van der Waals surface area contributed by atoms with Gasteiger partial charge in [-0.3, -0.25) is 4.90 Å². The van der Waals surface area contributed by atoms with Crippen molar-refractivity contribution in [2.75, 3.05) is 46.9 Å². The summed E-state index contributed by atoms with van der Waals surface area (Å²) in [5.41, 5.74) is 1.28. The highest BCUT2D eigenvalue weighted by Gasteiger charge is 2.18. The summed E-state index contributed by atoms with van der Waals surface area (Å²) in [4.78, 5) is 4.84. The second-order valence-electron chi connectivity index (χ2n) is 6.54. The maximum atomic E-state index is 5.82. The highest BCUT2D eigenvalue weighted by Crippen LogP contribution is 2.20. The summed E-state index contributed by atoms with van der Waals surface area (Å²) in [6.07, 6.45) is 4.04. The van der Waals surface area contributed by atoms with Gasteiger partial charge in [0.2, 0.25) is 0 Å². The molecule has 1 fully saturated rings. The molecule has 0 atom stereocenters. The Balaban J connectivity index is 0.00000242. The number of ether oxygens (including phenoxy) is 1. The van der Waals surface area contributed by atoms with Crippen molar-refractivity contribution in [3.05, 3.63) is 29.8 Å². The first kappa shape index (κ1) is 22.5. The topological polar surface area (TPSA) is 15.7 Å². The molecule has 23 heavy (non-hydrogen) atoms. The van der Waals surface area contributed by atoms with Gasteiger partial charge in [-0.05, 0) is 78.0 Å². The van der Waals surface area contributed by atoms with Crippen LogP contribution in [-0.4, -0.2) is 56.7 Å². The summed E-state index contributed by atoms with van der Waals surface area (Å²) in [7, 11) is 4.33. The number of nitrogens with zero attached hydrogens (tertiary/aromatic N) is 2. The Morgan fingerprint density at radius 3 is 2.26 bits per heavy atom. The van der Waals surface area contributed by atoms with Crippen LogP contribution in [0, 0.1) is 12.8 Å². The molecular weight excluding hydrogens is 331 g/mol. The minimum Gasteiger partial charge on any atom is -0.492 e. The van der Waals surface area contributed by atoms with E-state index in [0.717, 1.165) is 24.8 Å². The smallest absolute Gasteiger partial charge is 0.119 e. The van der Waals surface area contributed by atoms with Crippen LogP contribution in [0.1, 0.15) is 24.8 Å². The molecule has 1 saturated heterocycles. The molecule has 0 bridgehead atoms. The molecule has 1 heterocycles. The van der Waals surface area contributed by atoms with E-state index in [1.807, 2.05) is 0 Å². The van der Waals surface area contributed by atoms with Crippen LogP contribution in [0.3, 0.4) is 0 Å². The molecule has 1 aromatic rings. The van der Waals surface area contributed by atoms with Crippen molar-refractivity contribution in [2.24, 2.45) is 5.92 Å². The van der Waals surface area contributed by atoms with Crippen LogP contribution in [-0.2, 0) is 0 Å². The maximum absolute atomic E-state index is 5.82. The lowest BCUT2D eigenvalue weighted by Gasteiger charge is -2.32. The van der Waals surface area contributed by atoms with Gasteiger partial charge in [0.05, 0.1) is 0 Å². The van der Waals surface area contributed by atoms with Gasteiger partial charge >= 0.3 is 0 Å². The average Bonchev–Trinajstić information content (AvgIpc) is 2.48. The Bertz CT molecular complexity index is 404. The van der Waals surface area contributed by atoms with Crippen LogP contribution in [0.4, 0.5) is 0 Å². The highest BCUT2D eigenvalue weighted by atomic mass is 35.5. The van der Waals surface area contributed by atoms with Gasteiger partial charge in [-0.15, -0.1) is 24.8 Å². The van der Waals surface area contributed by atoms with Crippen molar-refractivity contribution in [1.82, 2.24) is 9.80 Å². The molecule has 3 nitrogen and oxygen atoms in total. The van der Waals surface area contributed by atoms with E-state index in [9.17, 15) is 0 Å². The van der Waals surface area contributed by atoms with Crippen molar-refractivity contribution in [3.63, 3.8) is 0 Å². The molecule has 0 saturated carbocycles. The molecule has 2 rings (SSSR count). The van der Waals surface area contributed by atoms with Crippen LogP contribution >= 0.6 is 24.8 Å². The van der Waals surface area contributed by atoms with Crippen molar-refractivity contribution < 1.29 is 4.74 Å². The summed E-state index contributed by atoms with van der Waals surface area (Å²) in [6.45, 7) is 7.63. The van der Waals surface area contributed by atoms with Gasteiger partial charge in [0, 0.05) is 6.54 Å². The molecule has 1 aliphatic heterocycles. The number of rotatable bonds is 7. The fourth-order valence-electron chi connectivity index (χ4n) is 2.87. The Labute approximate surface area is 154 Å². The molecule has 0 aromatic heterocycles. The van der Waals surface area contributed by atoms with E-state index in [4.69, 9.17) is 4.74 Å². The first-order valence-corrected chi connectivity index (χ1v) is 8.20. The quantitative estimate of drug-likeness (QED) is 0.731. The Kier molecular flexibility index (Phi) is 11.7. The standard InChI is InChI=1S/C18H30N2O.2ClH/c1-16-4-6-18(7-5-16)21-15-14-20-12-9-17(10-13-20)8-11-19(2)3;;/h4-7,17H,8-15H2,1-3H3;2*1H. The first-order valence-electron chi connectivity index (χ1n) is 8.20. The minimum atomic E-state index is 0. The molecule has 5 heteroatoms. The summed E-state index contributed by atoms with van der Waals surface area (Å²) < 4.78 is 5.82.